The van der Waals surface area contributed by atoms with Crippen molar-refractivity contribution in [1.29, 1.82) is 0 Å². The molecule has 9 nitrogen and oxygen atoms in total. The van der Waals surface area contributed by atoms with Crippen LogP contribution in [0.3, 0.4) is 0 Å². The van der Waals surface area contributed by atoms with Gasteiger partial charge in [0.15, 0.2) is 11.5 Å². The van der Waals surface area contributed by atoms with E-state index in [4.69, 9.17) is 9.47 Å². The Balaban J connectivity index is 1.75. The summed E-state index contributed by atoms with van der Waals surface area (Å²) in [7, 11) is -4.17. The maximum absolute atomic E-state index is 14.1. The lowest BCUT2D eigenvalue weighted by atomic mass is 10.1. The molecule has 218 valence electrons. The predicted molar refractivity (Wildman–Crippen MR) is 158 cm³/mol. The number of nitrogens with one attached hydrogen (secondary N) is 1. The van der Waals surface area contributed by atoms with Gasteiger partial charge >= 0.3 is 0 Å². The summed E-state index contributed by atoms with van der Waals surface area (Å²) in [5, 5.41) is 2.90. The predicted octanol–water partition coefficient (Wildman–Crippen LogP) is 4.30. The number of carbonyl (C=O) groups is 2. The Labute approximate surface area is 242 Å². The van der Waals surface area contributed by atoms with Crippen LogP contribution in [0.2, 0.25) is 0 Å². The minimum absolute atomic E-state index is 0.0423. The molecule has 1 atom stereocenters. The van der Waals surface area contributed by atoms with Crippen LogP contribution >= 0.6 is 0 Å². The molecule has 41 heavy (non-hydrogen) atoms. The molecule has 1 heterocycles. The van der Waals surface area contributed by atoms with Crippen molar-refractivity contribution in [2.45, 2.75) is 51.1 Å². The number of nitrogens with zero attached hydrogens (tertiary/aromatic N) is 2. The van der Waals surface area contributed by atoms with Gasteiger partial charge in [0.25, 0.3) is 10.0 Å². The number of hydrogen-bond donors (Lipinski definition) is 1. The Bertz CT molecular complexity index is 1460. The van der Waals surface area contributed by atoms with E-state index in [-0.39, 0.29) is 23.0 Å². The molecule has 4 rings (SSSR count). The molecule has 0 fully saturated rings. The van der Waals surface area contributed by atoms with E-state index >= 15 is 0 Å². The Morgan fingerprint density at radius 3 is 2.34 bits per heavy atom. The smallest absolute Gasteiger partial charge is 0.264 e. The zero-order valence-electron chi connectivity index (χ0n) is 23.7. The number of rotatable bonds is 12. The number of fused-ring (bicyclic) bond motifs is 1. The summed E-state index contributed by atoms with van der Waals surface area (Å²) in [5.41, 5.74) is 2.12. The van der Waals surface area contributed by atoms with Crippen LogP contribution in [0, 0.1) is 6.92 Å². The third-order valence-corrected chi connectivity index (χ3v) is 8.58. The Morgan fingerprint density at radius 2 is 1.66 bits per heavy atom. The zero-order valence-corrected chi connectivity index (χ0v) is 24.5. The lowest BCUT2D eigenvalue weighted by molar-refractivity contribution is -0.140. The third kappa shape index (κ3) is 7.18. The van der Waals surface area contributed by atoms with Gasteiger partial charge in [-0.25, -0.2) is 8.42 Å². The van der Waals surface area contributed by atoms with E-state index in [1.165, 1.54) is 17.0 Å². The van der Waals surface area contributed by atoms with Gasteiger partial charge in [0.2, 0.25) is 11.8 Å². The SMILES string of the molecule is CCCNC(=O)[C@H](CC)N(Cc1cccc(C)c1)C(=O)CN(c1ccc2c(c1)OCCO2)S(=O)(=O)c1ccccc1. The molecule has 1 aliphatic heterocycles. The lowest BCUT2D eigenvalue weighted by Crippen LogP contribution is -2.52. The Hall–Kier alpha value is -4.05. The number of hydrogen-bond acceptors (Lipinski definition) is 6. The molecule has 0 radical (unpaired) electrons. The molecule has 0 aromatic heterocycles. The summed E-state index contributed by atoms with van der Waals surface area (Å²) in [6.07, 6.45) is 1.11. The van der Waals surface area contributed by atoms with Gasteiger partial charge in [-0.15, -0.1) is 0 Å². The van der Waals surface area contributed by atoms with E-state index in [0.717, 1.165) is 21.9 Å². The van der Waals surface area contributed by atoms with Gasteiger partial charge in [0.05, 0.1) is 10.6 Å². The fourth-order valence-electron chi connectivity index (χ4n) is 4.73. The third-order valence-electron chi connectivity index (χ3n) is 6.79. The van der Waals surface area contributed by atoms with Crippen molar-refractivity contribution in [3.63, 3.8) is 0 Å². The fourth-order valence-corrected chi connectivity index (χ4v) is 6.16. The molecule has 10 heteroatoms. The summed E-state index contributed by atoms with van der Waals surface area (Å²) in [6, 6.07) is 19.7. The average Bonchev–Trinajstić information content (AvgIpc) is 2.98. The second-order valence-electron chi connectivity index (χ2n) is 9.88. The average molecular weight is 580 g/mol. The van der Waals surface area contributed by atoms with Crippen molar-refractivity contribution in [1.82, 2.24) is 10.2 Å². The Morgan fingerprint density at radius 1 is 0.927 bits per heavy atom. The van der Waals surface area contributed by atoms with Crippen LogP contribution in [-0.4, -0.2) is 57.5 Å². The molecule has 0 saturated carbocycles. The largest absolute Gasteiger partial charge is 0.486 e. The summed E-state index contributed by atoms with van der Waals surface area (Å²) in [4.78, 5) is 28.9. The first-order valence-corrected chi connectivity index (χ1v) is 15.3. The van der Waals surface area contributed by atoms with E-state index in [0.29, 0.717) is 37.7 Å². The summed E-state index contributed by atoms with van der Waals surface area (Å²) < 4.78 is 40.4. The minimum Gasteiger partial charge on any atom is -0.486 e. The van der Waals surface area contributed by atoms with E-state index < -0.39 is 28.5 Å². The number of anilines is 1. The standard InChI is InChI=1S/C31H37N3O6S/c1-4-16-32-31(36)27(5-2)33(21-24-11-9-10-23(3)19-24)30(35)22-34(41(37,38)26-12-7-6-8-13-26)25-14-15-28-29(20-25)40-18-17-39-28/h6-15,19-20,27H,4-5,16-18,21-22H2,1-3H3,(H,32,36)/t27-/m0/s1. The van der Waals surface area contributed by atoms with E-state index in [9.17, 15) is 18.0 Å². The second-order valence-corrected chi connectivity index (χ2v) is 11.7. The molecular weight excluding hydrogens is 542 g/mol. The molecule has 0 saturated heterocycles. The van der Waals surface area contributed by atoms with Crippen molar-refractivity contribution in [2.24, 2.45) is 0 Å². The molecule has 0 aliphatic carbocycles. The van der Waals surface area contributed by atoms with Crippen LogP contribution < -0.4 is 19.1 Å². The van der Waals surface area contributed by atoms with Crippen molar-refractivity contribution in [2.75, 3.05) is 30.6 Å². The normalized spacial score (nSPS) is 13.2. The van der Waals surface area contributed by atoms with E-state index in [1.54, 1.807) is 36.4 Å². The first kappa shape index (κ1) is 29.9. The molecular formula is C31H37N3O6S. The highest BCUT2D eigenvalue weighted by Gasteiger charge is 2.34. The highest BCUT2D eigenvalue weighted by molar-refractivity contribution is 7.92. The van der Waals surface area contributed by atoms with Crippen LogP contribution in [0.5, 0.6) is 11.5 Å². The monoisotopic (exact) mass is 579 g/mol. The van der Waals surface area contributed by atoms with Gasteiger partial charge in [-0.2, -0.15) is 0 Å². The molecule has 3 aromatic carbocycles. The number of sulfonamides is 1. The quantitative estimate of drug-likeness (QED) is 0.343. The number of ether oxygens (including phenoxy) is 2. The van der Waals surface area contributed by atoms with Crippen LogP contribution in [0.15, 0.2) is 77.7 Å². The highest BCUT2D eigenvalue weighted by atomic mass is 32.2. The molecule has 0 spiro atoms. The fraction of sp³-hybridized carbons (Fsp3) is 0.355. The van der Waals surface area contributed by atoms with Crippen LogP contribution in [-0.2, 0) is 26.2 Å². The van der Waals surface area contributed by atoms with Gasteiger partial charge in [-0.1, -0.05) is 61.9 Å². The van der Waals surface area contributed by atoms with Crippen LogP contribution in [0.4, 0.5) is 5.69 Å². The van der Waals surface area contributed by atoms with Gasteiger partial charge in [-0.05, 0) is 49.6 Å². The minimum atomic E-state index is -4.17. The van der Waals surface area contributed by atoms with E-state index in [1.807, 2.05) is 45.0 Å². The van der Waals surface area contributed by atoms with Crippen molar-refractivity contribution >= 4 is 27.5 Å². The zero-order chi connectivity index (χ0) is 29.4. The van der Waals surface area contributed by atoms with Crippen molar-refractivity contribution < 1.29 is 27.5 Å². The van der Waals surface area contributed by atoms with E-state index in [2.05, 4.69) is 5.32 Å². The van der Waals surface area contributed by atoms with Crippen LogP contribution in [0.25, 0.3) is 0 Å². The second kappa shape index (κ2) is 13.5. The van der Waals surface area contributed by atoms with Gasteiger partial charge in [-0.3, -0.25) is 13.9 Å². The molecule has 2 amide bonds. The molecule has 3 aromatic rings. The lowest BCUT2D eigenvalue weighted by Gasteiger charge is -2.33. The summed E-state index contributed by atoms with van der Waals surface area (Å²) >= 11 is 0. The molecule has 1 N–H and O–H groups in total. The number of amides is 2. The summed E-state index contributed by atoms with van der Waals surface area (Å²) in [6.45, 7) is 6.59. The number of aryl methyl sites for hydroxylation is 1. The van der Waals surface area contributed by atoms with Gasteiger partial charge in [0.1, 0.15) is 25.8 Å². The highest BCUT2D eigenvalue weighted by Crippen LogP contribution is 2.36. The molecule has 0 unspecified atom stereocenters. The molecule has 0 bridgehead atoms. The number of carbonyl (C=O) groups excluding carboxylic acids is 2. The Kier molecular flexibility index (Phi) is 9.88. The van der Waals surface area contributed by atoms with Crippen LogP contribution in [0.1, 0.15) is 37.8 Å². The maximum Gasteiger partial charge on any atom is 0.264 e. The first-order chi connectivity index (χ1) is 19.7. The molecule has 1 aliphatic rings. The number of benzene rings is 3. The summed E-state index contributed by atoms with van der Waals surface area (Å²) in [5.74, 6) is 0.131. The van der Waals surface area contributed by atoms with Gasteiger partial charge < -0.3 is 19.7 Å². The topological polar surface area (TPSA) is 105 Å². The van der Waals surface area contributed by atoms with Gasteiger partial charge in [0, 0.05) is 19.2 Å². The first-order valence-electron chi connectivity index (χ1n) is 13.8. The van der Waals surface area contributed by atoms with Crippen molar-refractivity contribution in [3.05, 3.63) is 83.9 Å². The maximum atomic E-state index is 14.1. The van der Waals surface area contributed by atoms with Crippen molar-refractivity contribution in [3.8, 4) is 11.5 Å².